The highest BCUT2D eigenvalue weighted by molar-refractivity contribution is 5.13. The summed E-state index contributed by atoms with van der Waals surface area (Å²) in [6.07, 6.45) is 24.6. The predicted molar refractivity (Wildman–Crippen MR) is 240 cm³/mol. The summed E-state index contributed by atoms with van der Waals surface area (Å²) < 4.78 is 0. The lowest BCUT2D eigenvalue weighted by Gasteiger charge is -2.36. The number of rotatable bonds is 4. The Morgan fingerprint density at radius 3 is 1.49 bits per heavy atom. The topological polar surface area (TPSA) is 80.9 Å². The molecular formula is C51H92O4. The second-order valence-corrected chi connectivity index (χ2v) is 21.1. The SMILES string of the molecule is C=C(C)C1CCC(C)(O)CC1.C=C1CCC(C(C)(C)O)CC1.CC(C)=C1CCC(C)(O)CC1.CC1=CCC(C(C)(C)O)CC1.CC1=CCC(C)(C(C)C)CC1. The Kier molecular flexibility index (Phi) is 21.2. The molecule has 0 aromatic carbocycles. The molecule has 4 heteroatoms. The normalized spacial score (nSPS) is 30.4. The van der Waals surface area contributed by atoms with E-state index in [9.17, 15) is 20.4 Å². The van der Waals surface area contributed by atoms with Gasteiger partial charge in [0.2, 0.25) is 0 Å². The molecule has 0 amide bonds. The van der Waals surface area contributed by atoms with E-state index < -0.39 is 16.8 Å². The molecule has 5 rings (SSSR count). The largest absolute Gasteiger partial charge is 0.390 e. The van der Waals surface area contributed by atoms with E-state index in [1.54, 1.807) is 11.1 Å². The van der Waals surface area contributed by atoms with Gasteiger partial charge in [-0.05, 0) is 221 Å². The van der Waals surface area contributed by atoms with E-state index in [0.29, 0.717) is 23.2 Å². The summed E-state index contributed by atoms with van der Waals surface area (Å²) in [4.78, 5) is 0. The Labute approximate surface area is 342 Å². The van der Waals surface area contributed by atoms with E-state index in [4.69, 9.17) is 0 Å². The first kappa shape index (κ1) is 51.6. The molecule has 3 fully saturated rings. The fourth-order valence-corrected chi connectivity index (χ4v) is 8.28. The maximum Gasteiger partial charge on any atom is 0.0625 e. The molecule has 4 nitrogen and oxygen atoms in total. The standard InChI is InChI=1S/C11H20.4C10H18O/c1-9(2)11(4)7-5-10(3)6-8-11;2*1-8-4-6-9(7-5-8)10(2,3)11;2*1-8(2)9-4-6-10(3,11)7-5-9/h5,9H,6-8H2,1-4H3;4,9,11H,5-7H2,1-3H3;9,11H,1,4-7H2,2-3H3;11H,4-7H2,1-3H3;9,11H,1,4-7H2,2-3H3. The molecule has 55 heavy (non-hydrogen) atoms. The van der Waals surface area contributed by atoms with Gasteiger partial charge >= 0.3 is 0 Å². The van der Waals surface area contributed by atoms with Crippen LogP contribution in [-0.4, -0.2) is 42.8 Å². The zero-order valence-electron chi connectivity index (χ0n) is 38.9. The predicted octanol–water partition coefficient (Wildman–Crippen LogP) is 13.9. The Balaban J connectivity index is 0.000000344. The third-order valence-corrected chi connectivity index (χ3v) is 14.1. The molecular weight excluding hydrogens is 677 g/mol. The molecule has 0 aromatic heterocycles. The first-order chi connectivity index (χ1) is 25.1. The van der Waals surface area contributed by atoms with Gasteiger partial charge in [-0.15, -0.1) is 0 Å². The maximum absolute atomic E-state index is 9.70. The number of aliphatic hydroxyl groups is 4. The van der Waals surface area contributed by atoms with Gasteiger partial charge in [-0.25, -0.2) is 0 Å². The van der Waals surface area contributed by atoms with E-state index >= 15 is 0 Å². The molecule has 3 saturated carbocycles. The molecule has 2 unspecified atom stereocenters. The van der Waals surface area contributed by atoms with Gasteiger partial charge in [-0.3, -0.25) is 0 Å². The average Bonchev–Trinajstić information content (AvgIpc) is 3.06. The van der Waals surface area contributed by atoms with Crippen LogP contribution in [0.15, 0.2) is 58.7 Å². The van der Waals surface area contributed by atoms with Gasteiger partial charge in [0.15, 0.2) is 0 Å². The summed E-state index contributed by atoms with van der Waals surface area (Å²) in [5, 5.41) is 38.7. The van der Waals surface area contributed by atoms with E-state index in [1.807, 2.05) is 41.5 Å². The monoisotopic (exact) mass is 769 g/mol. The molecule has 2 atom stereocenters. The zero-order valence-corrected chi connectivity index (χ0v) is 38.9. The third-order valence-electron chi connectivity index (χ3n) is 14.1. The lowest BCUT2D eigenvalue weighted by molar-refractivity contribution is 0.00542. The van der Waals surface area contributed by atoms with Crippen molar-refractivity contribution in [3.8, 4) is 0 Å². The highest BCUT2D eigenvalue weighted by Gasteiger charge is 2.31. The average molecular weight is 769 g/mol. The van der Waals surface area contributed by atoms with Crippen LogP contribution in [0.1, 0.15) is 213 Å². The fourth-order valence-electron chi connectivity index (χ4n) is 8.28. The Morgan fingerprint density at radius 2 is 1.13 bits per heavy atom. The molecule has 320 valence electrons. The molecule has 4 N–H and O–H groups in total. The van der Waals surface area contributed by atoms with Crippen molar-refractivity contribution in [2.75, 3.05) is 0 Å². The molecule has 0 saturated heterocycles. The highest BCUT2D eigenvalue weighted by Crippen LogP contribution is 2.41. The first-order valence-corrected chi connectivity index (χ1v) is 22.2. The van der Waals surface area contributed by atoms with Crippen LogP contribution in [0, 0.1) is 29.1 Å². The summed E-state index contributed by atoms with van der Waals surface area (Å²) in [7, 11) is 0. The first-order valence-electron chi connectivity index (χ1n) is 22.2. The summed E-state index contributed by atoms with van der Waals surface area (Å²) in [6.45, 7) is 37.3. The van der Waals surface area contributed by atoms with Crippen LogP contribution < -0.4 is 0 Å². The van der Waals surface area contributed by atoms with Gasteiger partial charge in [-0.2, -0.15) is 0 Å². The zero-order chi connectivity index (χ0) is 42.4. The van der Waals surface area contributed by atoms with Crippen molar-refractivity contribution >= 4 is 0 Å². The highest BCUT2D eigenvalue weighted by atomic mass is 16.3. The fraction of sp³-hybridized carbons (Fsp3) is 0.804. The number of hydrogen-bond donors (Lipinski definition) is 4. The molecule has 0 spiro atoms. The van der Waals surface area contributed by atoms with Crippen molar-refractivity contribution in [1.29, 1.82) is 0 Å². The van der Waals surface area contributed by atoms with Crippen LogP contribution in [0.4, 0.5) is 0 Å². The maximum atomic E-state index is 9.70. The lowest BCUT2D eigenvalue weighted by Crippen LogP contribution is -2.32. The minimum atomic E-state index is -0.489. The Hall–Kier alpha value is -1.46. The molecule has 0 radical (unpaired) electrons. The lowest BCUT2D eigenvalue weighted by atomic mass is 9.69. The van der Waals surface area contributed by atoms with E-state index in [1.165, 1.54) is 41.6 Å². The van der Waals surface area contributed by atoms with Crippen LogP contribution in [0.5, 0.6) is 0 Å². The summed E-state index contributed by atoms with van der Waals surface area (Å²) in [6, 6.07) is 0. The smallest absolute Gasteiger partial charge is 0.0625 e. The van der Waals surface area contributed by atoms with Crippen molar-refractivity contribution in [1.82, 2.24) is 0 Å². The van der Waals surface area contributed by atoms with Crippen LogP contribution in [-0.2, 0) is 0 Å². The van der Waals surface area contributed by atoms with E-state index in [0.717, 1.165) is 102 Å². The molecule has 0 aromatic rings. The van der Waals surface area contributed by atoms with Crippen molar-refractivity contribution in [2.45, 2.75) is 235 Å². The summed E-state index contributed by atoms with van der Waals surface area (Å²) in [5.41, 5.74) is 7.51. The quantitative estimate of drug-likeness (QED) is 0.215. The Morgan fingerprint density at radius 1 is 0.673 bits per heavy atom. The molecule has 0 heterocycles. The molecule has 0 bridgehead atoms. The van der Waals surface area contributed by atoms with Crippen molar-refractivity contribution in [3.05, 3.63) is 58.7 Å². The van der Waals surface area contributed by atoms with Crippen molar-refractivity contribution in [3.63, 3.8) is 0 Å². The molecule has 5 aliphatic rings. The molecule has 0 aliphatic heterocycles. The van der Waals surface area contributed by atoms with Crippen molar-refractivity contribution in [2.24, 2.45) is 29.1 Å². The van der Waals surface area contributed by atoms with Gasteiger partial charge in [0.25, 0.3) is 0 Å². The van der Waals surface area contributed by atoms with Crippen LogP contribution >= 0.6 is 0 Å². The number of allylic oxidation sites excluding steroid dienone is 8. The van der Waals surface area contributed by atoms with Gasteiger partial charge in [0.05, 0.1) is 22.4 Å². The summed E-state index contributed by atoms with van der Waals surface area (Å²) >= 11 is 0. The number of hydrogen-bond acceptors (Lipinski definition) is 4. The third kappa shape index (κ3) is 20.7. The van der Waals surface area contributed by atoms with Gasteiger partial charge < -0.3 is 20.4 Å². The van der Waals surface area contributed by atoms with Gasteiger partial charge in [0, 0.05) is 0 Å². The van der Waals surface area contributed by atoms with Crippen LogP contribution in [0.25, 0.3) is 0 Å². The van der Waals surface area contributed by atoms with Crippen LogP contribution in [0.3, 0.4) is 0 Å². The minimum Gasteiger partial charge on any atom is -0.390 e. The van der Waals surface area contributed by atoms with Gasteiger partial charge in [0.1, 0.15) is 0 Å². The van der Waals surface area contributed by atoms with Gasteiger partial charge in [-0.1, -0.05) is 79.5 Å². The van der Waals surface area contributed by atoms with Crippen LogP contribution in [0.2, 0.25) is 0 Å². The molecule has 5 aliphatic carbocycles. The van der Waals surface area contributed by atoms with E-state index in [2.05, 4.69) is 80.7 Å². The van der Waals surface area contributed by atoms with Crippen molar-refractivity contribution < 1.29 is 20.4 Å². The second kappa shape index (κ2) is 22.6. The summed E-state index contributed by atoms with van der Waals surface area (Å²) in [5.74, 6) is 2.43. The Bertz CT molecular complexity index is 1240. The van der Waals surface area contributed by atoms with E-state index in [-0.39, 0.29) is 5.60 Å². The second-order valence-electron chi connectivity index (χ2n) is 21.1. The minimum absolute atomic E-state index is 0.390.